The smallest absolute Gasteiger partial charge is 0.161 e. The lowest BCUT2D eigenvalue weighted by Crippen LogP contribution is -1.93. The van der Waals surface area contributed by atoms with Crippen molar-refractivity contribution in [2.45, 2.75) is 13.8 Å². The molecule has 2 aromatic carbocycles. The number of aromatic nitrogens is 3. The van der Waals surface area contributed by atoms with Crippen LogP contribution in [0.2, 0.25) is 0 Å². The van der Waals surface area contributed by atoms with Crippen molar-refractivity contribution < 1.29 is 8.78 Å². The number of hydrogen-bond acceptors (Lipinski definition) is 2. The summed E-state index contributed by atoms with van der Waals surface area (Å²) in [4.78, 5) is 11.8. The van der Waals surface area contributed by atoms with Gasteiger partial charge in [-0.15, -0.1) is 0 Å². The van der Waals surface area contributed by atoms with E-state index in [1.165, 1.54) is 6.07 Å². The minimum atomic E-state index is -0.626. The standard InChI is InChI=1S/C18H13F2N3/c1-9-3-4-11-7-22-18(23-16(11)10(9)2)14-8-21-17-13(14)5-12(19)6-15(17)20/h3-8,21H,1-2H3. The van der Waals surface area contributed by atoms with E-state index >= 15 is 0 Å². The van der Waals surface area contributed by atoms with E-state index in [4.69, 9.17) is 0 Å². The summed E-state index contributed by atoms with van der Waals surface area (Å²) in [5.74, 6) is -0.801. The maximum absolute atomic E-state index is 13.8. The number of hydrogen-bond donors (Lipinski definition) is 1. The van der Waals surface area contributed by atoms with E-state index in [0.29, 0.717) is 16.8 Å². The fourth-order valence-corrected chi connectivity index (χ4v) is 2.81. The Morgan fingerprint density at radius 1 is 1.09 bits per heavy atom. The summed E-state index contributed by atoms with van der Waals surface area (Å²) in [6.07, 6.45) is 3.35. The van der Waals surface area contributed by atoms with Gasteiger partial charge in [-0.25, -0.2) is 18.7 Å². The number of halogens is 2. The molecule has 0 spiro atoms. The average Bonchev–Trinajstić information content (AvgIpc) is 2.95. The first-order valence-electron chi connectivity index (χ1n) is 7.24. The highest BCUT2D eigenvalue weighted by atomic mass is 19.1. The molecule has 5 heteroatoms. The Hall–Kier alpha value is -2.82. The minimum Gasteiger partial charge on any atom is -0.358 e. The highest BCUT2D eigenvalue weighted by Crippen LogP contribution is 2.30. The topological polar surface area (TPSA) is 41.6 Å². The first-order valence-corrected chi connectivity index (χ1v) is 7.24. The molecule has 23 heavy (non-hydrogen) atoms. The van der Waals surface area contributed by atoms with Crippen LogP contribution in [0.5, 0.6) is 0 Å². The largest absolute Gasteiger partial charge is 0.358 e. The molecule has 0 amide bonds. The molecule has 0 fully saturated rings. The summed E-state index contributed by atoms with van der Waals surface area (Å²) in [6.45, 7) is 4.02. The van der Waals surface area contributed by atoms with Crippen LogP contribution in [0.25, 0.3) is 33.2 Å². The van der Waals surface area contributed by atoms with E-state index in [9.17, 15) is 8.78 Å². The first kappa shape index (κ1) is 13.8. The van der Waals surface area contributed by atoms with Crippen molar-refractivity contribution in [2.24, 2.45) is 0 Å². The van der Waals surface area contributed by atoms with Crippen molar-refractivity contribution >= 4 is 21.8 Å². The number of benzene rings is 2. The van der Waals surface area contributed by atoms with E-state index in [0.717, 1.165) is 28.1 Å². The molecule has 3 nitrogen and oxygen atoms in total. The molecule has 4 aromatic rings. The monoisotopic (exact) mass is 309 g/mol. The van der Waals surface area contributed by atoms with Crippen molar-refractivity contribution in [3.05, 3.63) is 59.4 Å². The van der Waals surface area contributed by atoms with Crippen molar-refractivity contribution in [1.82, 2.24) is 15.0 Å². The maximum Gasteiger partial charge on any atom is 0.161 e. The van der Waals surface area contributed by atoms with Gasteiger partial charge in [-0.05, 0) is 31.0 Å². The summed E-state index contributed by atoms with van der Waals surface area (Å²) in [5, 5.41) is 1.38. The molecule has 0 aliphatic rings. The van der Waals surface area contributed by atoms with Gasteiger partial charge in [0.1, 0.15) is 11.6 Å². The number of nitrogens with one attached hydrogen (secondary N) is 1. The van der Waals surface area contributed by atoms with Gasteiger partial charge in [-0.3, -0.25) is 0 Å². The lowest BCUT2D eigenvalue weighted by Gasteiger charge is -2.06. The molecule has 4 rings (SSSR count). The third-order valence-electron chi connectivity index (χ3n) is 4.22. The molecule has 2 aromatic heterocycles. The molecular formula is C18H13F2N3. The Morgan fingerprint density at radius 3 is 2.74 bits per heavy atom. The van der Waals surface area contributed by atoms with Crippen LogP contribution < -0.4 is 0 Å². The van der Waals surface area contributed by atoms with Crippen LogP contribution in [0.1, 0.15) is 11.1 Å². The second-order valence-corrected chi connectivity index (χ2v) is 5.65. The van der Waals surface area contributed by atoms with E-state index in [1.54, 1.807) is 12.4 Å². The molecule has 0 saturated carbocycles. The Kier molecular flexibility index (Phi) is 2.91. The highest BCUT2D eigenvalue weighted by Gasteiger charge is 2.14. The van der Waals surface area contributed by atoms with Crippen molar-refractivity contribution in [3.63, 3.8) is 0 Å². The molecule has 0 radical (unpaired) electrons. The Morgan fingerprint density at radius 2 is 1.91 bits per heavy atom. The Balaban J connectivity index is 2.01. The minimum absolute atomic E-state index is 0.256. The zero-order chi connectivity index (χ0) is 16.1. The van der Waals surface area contributed by atoms with Gasteiger partial charge >= 0.3 is 0 Å². The van der Waals surface area contributed by atoms with Gasteiger partial charge in [0, 0.05) is 34.8 Å². The molecule has 0 saturated heterocycles. The molecule has 0 unspecified atom stereocenters. The van der Waals surface area contributed by atoms with Gasteiger partial charge < -0.3 is 4.98 Å². The zero-order valence-electron chi connectivity index (χ0n) is 12.6. The van der Waals surface area contributed by atoms with E-state index in [2.05, 4.69) is 15.0 Å². The van der Waals surface area contributed by atoms with Crippen molar-refractivity contribution in [2.75, 3.05) is 0 Å². The maximum atomic E-state index is 13.8. The van der Waals surface area contributed by atoms with E-state index in [-0.39, 0.29) is 5.52 Å². The summed E-state index contributed by atoms with van der Waals surface area (Å²) < 4.78 is 27.4. The van der Waals surface area contributed by atoms with Crippen molar-refractivity contribution in [3.8, 4) is 11.4 Å². The number of rotatable bonds is 1. The Labute approximate surface area is 131 Å². The van der Waals surface area contributed by atoms with Gasteiger partial charge in [-0.1, -0.05) is 12.1 Å². The quantitative estimate of drug-likeness (QED) is 0.555. The second-order valence-electron chi connectivity index (χ2n) is 5.65. The van der Waals surface area contributed by atoms with Crippen LogP contribution in [0.15, 0.2) is 36.7 Å². The number of nitrogens with zero attached hydrogens (tertiary/aromatic N) is 2. The third-order valence-corrected chi connectivity index (χ3v) is 4.22. The Bertz CT molecular complexity index is 1070. The first-order chi connectivity index (χ1) is 11.0. The highest BCUT2D eigenvalue weighted by molar-refractivity contribution is 5.95. The van der Waals surface area contributed by atoms with Crippen molar-refractivity contribution in [1.29, 1.82) is 0 Å². The van der Waals surface area contributed by atoms with Crippen LogP contribution in [0.3, 0.4) is 0 Å². The molecule has 0 aliphatic carbocycles. The predicted molar refractivity (Wildman–Crippen MR) is 86.2 cm³/mol. The van der Waals surface area contributed by atoms with E-state index < -0.39 is 11.6 Å². The molecular weight excluding hydrogens is 296 g/mol. The van der Waals surface area contributed by atoms with Crippen LogP contribution >= 0.6 is 0 Å². The summed E-state index contributed by atoms with van der Waals surface area (Å²) in [6, 6.07) is 6.14. The van der Waals surface area contributed by atoms with Gasteiger partial charge in [-0.2, -0.15) is 0 Å². The average molecular weight is 309 g/mol. The normalized spacial score (nSPS) is 11.5. The van der Waals surface area contributed by atoms with Crippen LogP contribution in [-0.2, 0) is 0 Å². The summed E-state index contributed by atoms with van der Waals surface area (Å²) in [7, 11) is 0. The van der Waals surface area contributed by atoms with E-state index in [1.807, 2.05) is 26.0 Å². The fraction of sp³-hybridized carbons (Fsp3) is 0.111. The van der Waals surface area contributed by atoms with Crippen LogP contribution in [0.4, 0.5) is 8.78 Å². The molecule has 2 heterocycles. The molecule has 1 N–H and O–H groups in total. The van der Waals surface area contributed by atoms with Crippen LogP contribution in [-0.4, -0.2) is 15.0 Å². The second kappa shape index (κ2) is 4.84. The van der Waals surface area contributed by atoms with Crippen LogP contribution in [0, 0.1) is 25.5 Å². The van der Waals surface area contributed by atoms with Gasteiger partial charge in [0.25, 0.3) is 0 Å². The molecule has 114 valence electrons. The third kappa shape index (κ3) is 2.08. The zero-order valence-corrected chi connectivity index (χ0v) is 12.6. The van der Waals surface area contributed by atoms with Gasteiger partial charge in [0.2, 0.25) is 0 Å². The molecule has 0 atom stereocenters. The number of H-pyrrole nitrogens is 1. The molecule has 0 aliphatic heterocycles. The summed E-state index contributed by atoms with van der Waals surface area (Å²) >= 11 is 0. The van der Waals surface area contributed by atoms with Gasteiger partial charge in [0.05, 0.1) is 11.0 Å². The molecule has 0 bridgehead atoms. The lowest BCUT2D eigenvalue weighted by molar-refractivity contribution is 0.591. The number of aryl methyl sites for hydroxylation is 2. The predicted octanol–water partition coefficient (Wildman–Crippen LogP) is 4.67. The summed E-state index contributed by atoms with van der Waals surface area (Å²) in [5.41, 5.74) is 3.90. The number of fused-ring (bicyclic) bond motifs is 2. The van der Waals surface area contributed by atoms with Gasteiger partial charge in [0.15, 0.2) is 5.82 Å². The fourth-order valence-electron chi connectivity index (χ4n) is 2.81. The lowest BCUT2D eigenvalue weighted by atomic mass is 10.1. The SMILES string of the molecule is Cc1ccc2cnc(-c3c[nH]c4c(F)cc(F)cc34)nc2c1C. The number of aromatic amines is 1.